The van der Waals surface area contributed by atoms with Crippen molar-refractivity contribution < 1.29 is 9.84 Å². The first-order valence-corrected chi connectivity index (χ1v) is 8.52. The Morgan fingerprint density at radius 1 is 1.21 bits per heavy atom. The number of pyridine rings is 1. The summed E-state index contributed by atoms with van der Waals surface area (Å²) in [7, 11) is 0. The van der Waals surface area contributed by atoms with Gasteiger partial charge in [0.2, 0.25) is 0 Å². The van der Waals surface area contributed by atoms with Crippen LogP contribution in [0.15, 0.2) is 30.5 Å². The number of aliphatic hydroxyl groups is 1. The molecule has 0 aliphatic heterocycles. The van der Waals surface area contributed by atoms with Gasteiger partial charge in [0.15, 0.2) is 0 Å². The molecule has 0 fully saturated rings. The number of fused-ring (bicyclic) bond motifs is 3. The van der Waals surface area contributed by atoms with E-state index in [-0.39, 0.29) is 6.04 Å². The van der Waals surface area contributed by atoms with Crippen LogP contribution in [0.5, 0.6) is 0 Å². The summed E-state index contributed by atoms with van der Waals surface area (Å²) in [5, 5.41) is 11.8. The third kappa shape index (κ3) is 2.89. The average Bonchev–Trinajstić information content (AvgIpc) is 2.93. The van der Waals surface area contributed by atoms with Gasteiger partial charge in [0.25, 0.3) is 0 Å². The minimum Gasteiger partial charge on any atom is -0.388 e. The number of aromatic nitrogens is 3. The highest BCUT2D eigenvalue weighted by molar-refractivity contribution is 6.02. The van der Waals surface area contributed by atoms with Crippen LogP contribution in [-0.4, -0.2) is 38.5 Å². The number of ether oxygens (including phenoxy) is 1. The molecule has 3 aromatic rings. The minimum absolute atomic E-state index is 0.219. The number of hydrogen-bond donors (Lipinski definition) is 1. The van der Waals surface area contributed by atoms with E-state index in [0.29, 0.717) is 13.2 Å². The summed E-state index contributed by atoms with van der Waals surface area (Å²) in [6.07, 6.45) is 2.59. The second kappa shape index (κ2) is 6.49. The van der Waals surface area contributed by atoms with Gasteiger partial charge in [-0.1, -0.05) is 25.1 Å². The van der Waals surface area contributed by atoms with Crippen LogP contribution in [0.3, 0.4) is 0 Å². The summed E-state index contributed by atoms with van der Waals surface area (Å²) in [5.41, 5.74) is 1.87. The third-order valence-electron chi connectivity index (χ3n) is 4.42. The Labute approximate surface area is 142 Å². The molecule has 1 aromatic carbocycles. The van der Waals surface area contributed by atoms with Gasteiger partial charge in [0.1, 0.15) is 11.3 Å². The summed E-state index contributed by atoms with van der Waals surface area (Å²) >= 11 is 0. The van der Waals surface area contributed by atoms with Crippen molar-refractivity contribution in [3.05, 3.63) is 36.3 Å². The Morgan fingerprint density at radius 2 is 1.96 bits per heavy atom. The van der Waals surface area contributed by atoms with Crippen LogP contribution in [-0.2, 0) is 11.2 Å². The molecule has 5 heteroatoms. The molecule has 5 nitrogen and oxygen atoms in total. The van der Waals surface area contributed by atoms with E-state index in [1.165, 1.54) is 0 Å². The van der Waals surface area contributed by atoms with Crippen LogP contribution in [0.4, 0.5) is 0 Å². The lowest BCUT2D eigenvalue weighted by Crippen LogP contribution is -2.37. The lowest BCUT2D eigenvalue weighted by Gasteiger charge is -2.32. The van der Waals surface area contributed by atoms with Crippen LogP contribution >= 0.6 is 0 Å². The number of imidazole rings is 1. The van der Waals surface area contributed by atoms with Gasteiger partial charge in [-0.05, 0) is 26.8 Å². The number of benzene rings is 1. The fourth-order valence-electron chi connectivity index (χ4n) is 3.18. The smallest absolute Gasteiger partial charge is 0.110 e. The molecule has 1 N–H and O–H groups in total. The van der Waals surface area contributed by atoms with E-state index < -0.39 is 5.60 Å². The first-order chi connectivity index (χ1) is 11.5. The molecule has 3 rings (SSSR count). The van der Waals surface area contributed by atoms with Crippen molar-refractivity contribution in [1.29, 1.82) is 0 Å². The van der Waals surface area contributed by atoms with Crippen molar-refractivity contribution in [2.75, 3.05) is 13.2 Å². The molecule has 128 valence electrons. The molecule has 1 unspecified atom stereocenters. The Bertz CT molecular complexity index is 849. The third-order valence-corrected chi connectivity index (χ3v) is 4.42. The highest BCUT2D eigenvalue weighted by atomic mass is 16.5. The zero-order valence-electron chi connectivity index (χ0n) is 14.8. The maximum Gasteiger partial charge on any atom is 0.110 e. The molecular weight excluding hydrogens is 302 g/mol. The number of para-hydroxylation sites is 1. The van der Waals surface area contributed by atoms with Gasteiger partial charge in [-0.2, -0.15) is 0 Å². The molecule has 0 aliphatic rings. The Hall–Kier alpha value is -1.98. The zero-order valence-corrected chi connectivity index (χ0v) is 14.8. The first kappa shape index (κ1) is 16.9. The lowest BCUT2D eigenvalue weighted by atomic mass is 9.98. The van der Waals surface area contributed by atoms with E-state index in [9.17, 15) is 5.11 Å². The minimum atomic E-state index is -0.933. The van der Waals surface area contributed by atoms with Gasteiger partial charge in [0, 0.05) is 18.4 Å². The average molecular weight is 327 g/mol. The maximum atomic E-state index is 10.8. The molecule has 24 heavy (non-hydrogen) atoms. The summed E-state index contributed by atoms with van der Waals surface area (Å²) in [6, 6.07) is 7.83. The van der Waals surface area contributed by atoms with Crippen molar-refractivity contribution >= 4 is 21.9 Å². The highest BCUT2D eigenvalue weighted by Crippen LogP contribution is 2.32. The molecule has 2 heterocycles. The van der Waals surface area contributed by atoms with E-state index in [2.05, 4.69) is 22.5 Å². The Morgan fingerprint density at radius 3 is 2.62 bits per heavy atom. The van der Waals surface area contributed by atoms with Crippen molar-refractivity contribution in [2.24, 2.45) is 0 Å². The fraction of sp³-hybridized carbons (Fsp3) is 0.474. The van der Waals surface area contributed by atoms with Crippen LogP contribution in [0.1, 0.15) is 39.6 Å². The molecule has 0 bridgehead atoms. The predicted molar refractivity (Wildman–Crippen MR) is 96.2 cm³/mol. The maximum absolute atomic E-state index is 10.8. The monoisotopic (exact) mass is 327 g/mol. The lowest BCUT2D eigenvalue weighted by molar-refractivity contribution is -0.0191. The van der Waals surface area contributed by atoms with E-state index in [1.54, 1.807) is 0 Å². The topological polar surface area (TPSA) is 60.2 Å². The summed E-state index contributed by atoms with van der Waals surface area (Å²) in [4.78, 5) is 9.27. The number of nitrogens with zero attached hydrogens (tertiary/aromatic N) is 3. The van der Waals surface area contributed by atoms with E-state index >= 15 is 0 Å². The quantitative estimate of drug-likeness (QED) is 0.753. The van der Waals surface area contributed by atoms with Gasteiger partial charge >= 0.3 is 0 Å². The van der Waals surface area contributed by atoms with E-state index in [1.807, 2.05) is 45.2 Å². The normalized spacial score (nSPS) is 13.7. The Kier molecular flexibility index (Phi) is 4.56. The van der Waals surface area contributed by atoms with Crippen molar-refractivity contribution in [3.8, 4) is 0 Å². The molecule has 1 atom stereocenters. The number of rotatable bonds is 6. The molecule has 0 amide bonds. The second-order valence-corrected chi connectivity index (χ2v) is 6.59. The SMILES string of the molecule is CCOCC(n1c(CC)nc2cnc3ccccc3c21)C(C)(C)O. The molecule has 0 spiro atoms. The van der Waals surface area contributed by atoms with Gasteiger partial charge in [0.05, 0.1) is 35.5 Å². The van der Waals surface area contributed by atoms with E-state index in [4.69, 9.17) is 9.72 Å². The Balaban J connectivity index is 2.33. The summed E-state index contributed by atoms with van der Waals surface area (Å²) < 4.78 is 7.83. The summed E-state index contributed by atoms with van der Waals surface area (Å²) in [6.45, 7) is 8.75. The fourth-order valence-corrected chi connectivity index (χ4v) is 3.18. The van der Waals surface area contributed by atoms with Crippen LogP contribution in [0.25, 0.3) is 21.9 Å². The molecule has 0 saturated carbocycles. The van der Waals surface area contributed by atoms with Gasteiger partial charge < -0.3 is 14.4 Å². The van der Waals surface area contributed by atoms with Crippen LogP contribution < -0.4 is 0 Å². The van der Waals surface area contributed by atoms with Gasteiger partial charge in [-0.3, -0.25) is 4.98 Å². The van der Waals surface area contributed by atoms with Crippen LogP contribution in [0.2, 0.25) is 0 Å². The predicted octanol–water partition coefficient (Wildman–Crippen LogP) is 3.50. The molecule has 0 saturated heterocycles. The van der Waals surface area contributed by atoms with Gasteiger partial charge in [-0.15, -0.1) is 0 Å². The highest BCUT2D eigenvalue weighted by Gasteiger charge is 2.32. The molecule has 2 aromatic heterocycles. The summed E-state index contributed by atoms with van der Waals surface area (Å²) in [5.74, 6) is 0.940. The van der Waals surface area contributed by atoms with Crippen molar-refractivity contribution in [2.45, 2.75) is 45.8 Å². The van der Waals surface area contributed by atoms with Gasteiger partial charge in [-0.25, -0.2) is 4.98 Å². The van der Waals surface area contributed by atoms with Crippen molar-refractivity contribution in [3.63, 3.8) is 0 Å². The molecular formula is C19H25N3O2. The van der Waals surface area contributed by atoms with Crippen molar-refractivity contribution in [1.82, 2.24) is 14.5 Å². The molecule has 0 radical (unpaired) electrons. The standard InChI is InChI=1S/C19H25N3O2/c1-5-17-21-15-11-20-14-10-8-7-9-13(14)18(15)22(17)16(12-24-6-2)19(3,4)23/h7-11,16,23H,5-6,12H2,1-4H3. The largest absolute Gasteiger partial charge is 0.388 e. The number of hydrogen-bond acceptors (Lipinski definition) is 4. The second-order valence-electron chi connectivity index (χ2n) is 6.59. The molecule has 0 aliphatic carbocycles. The number of aryl methyl sites for hydroxylation is 1. The first-order valence-electron chi connectivity index (χ1n) is 8.52. The zero-order chi connectivity index (χ0) is 17.3. The van der Waals surface area contributed by atoms with Crippen LogP contribution in [0, 0.1) is 0 Å². The van der Waals surface area contributed by atoms with E-state index in [0.717, 1.165) is 34.2 Å².